The smallest absolute Gasteiger partial charge is 0.338 e. The van der Waals surface area contributed by atoms with Crippen LogP contribution in [0.25, 0.3) is 6.08 Å². The minimum absolute atomic E-state index is 0.0103. The summed E-state index contributed by atoms with van der Waals surface area (Å²) in [6.07, 6.45) is 2.89. The van der Waals surface area contributed by atoms with Gasteiger partial charge in [-0.2, -0.15) is 0 Å². The molecule has 2 aromatic rings. The lowest BCUT2D eigenvalue weighted by Gasteiger charge is -2.07. The van der Waals surface area contributed by atoms with Crippen LogP contribution in [0.15, 0.2) is 54.6 Å². The van der Waals surface area contributed by atoms with Crippen LogP contribution < -0.4 is 9.47 Å². The molecule has 0 fully saturated rings. The maximum Gasteiger partial charge on any atom is 0.338 e. The van der Waals surface area contributed by atoms with Crippen molar-refractivity contribution in [2.75, 3.05) is 27.4 Å². The van der Waals surface area contributed by atoms with Crippen molar-refractivity contribution >= 4 is 18.0 Å². The molecule has 0 amide bonds. The van der Waals surface area contributed by atoms with E-state index in [-0.39, 0.29) is 13.2 Å². The van der Waals surface area contributed by atoms with Gasteiger partial charge >= 0.3 is 11.9 Å². The number of hydrogen-bond donors (Lipinski definition) is 0. The highest BCUT2D eigenvalue weighted by molar-refractivity contribution is 5.89. The van der Waals surface area contributed by atoms with E-state index >= 15 is 0 Å². The van der Waals surface area contributed by atoms with Crippen molar-refractivity contribution in [3.8, 4) is 11.5 Å². The Morgan fingerprint density at radius 3 is 2.27 bits per heavy atom. The minimum atomic E-state index is -0.532. The topological polar surface area (TPSA) is 71.1 Å². The van der Waals surface area contributed by atoms with Crippen LogP contribution in [0.2, 0.25) is 0 Å². The van der Waals surface area contributed by atoms with Gasteiger partial charge in [-0.25, -0.2) is 9.59 Å². The molecule has 0 atom stereocenters. The molecule has 0 aliphatic rings. The SMILES string of the molecule is COc1ccc(/C=C/C(=O)OCCOC(=O)c2ccccc2)cc1OC. The predicted molar refractivity (Wildman–Crippen MR) is 96.3 cm³/mol. The van der Waals surface area contributed by atoms with Gasteiger partial charge in [-0.15, -0.1) is 0 Å². The van der Waals surface area contributed by atoms with Gasteiger partial charge in [0.2, 0.25) is 0 Å². The molecule has 6 heteroatoms. The van der Waals surface area contributed by atoms with Crippen LogP contribution in [0.5, 0.6) is 11.5 Å². The van der Waals surface area contributed by atoms with E-state index in [1.54, 1.807) is 55.7 Å². The molecule has 0 aromatic heterocycles. The first kappa shape index (κ1) is 19.1. The van der Waals surface area contributed by atoms with Crippen molar-refractivity contribution in [1.29, 1.82) is 0 Å². The summed E-state index contributed by atoms with van der Waals surface area (Å²) >= 11 is 0. The molecule has 0 aliphatic carbocycles. The fourth-order valence-electron chi connectivity index (χ4n) is 2.10. The number of hydrogen-bond acceptors (Lipinski definition) is 6. The Labute approximate surface area is 151 Å². The van der Waals surface area contributed by atoms with E-state index in [2.05, 4.69) is 0 Å². The number of benzene rings is 2. The van der Waals surface area contributed by atoms with Gasteiger partial charge in [0, 0.05) is 6.08 Å². The molecule has 0 aliphatic heterocycles. The molecule has 0 saturated carbocycles. The van der Waals surface area contributed by atoms with Gasteiger partial charge < -0.3 is 18.9 Å². The number of methoxy groups -OCH3 is 2. The number of rotatable bonds is 8. The molecule has 136 valence electrons. The highest BCUT2D eigenvalue weighted by Gasteiger charge is 2.06. The van der Waals surface area contributed by atoms with E-state index in [9.17, 15) is 9.59 Å². The maximum atomic E-state index is 11.7. The predicted octanol–water partition coefficient (Wildman–Crippen LogP) is 3.12. The lowest BCUT2D eigenvalue weighted by molar-refractivity contribution is -0.138. The van der Waals surface area contributed by atoms with Gasteiger partial charge in [0.05, 0.1) is 19.8 Å². The summed E-state index contributed by atoms with van der Waals surface area (Å²) in [5.41, 5.74) is 1.21. The summed E-state index contributed by atoms with van der Waals surface area (Å²) in [6, 6.07) is 13.9. The van der Waals surface area contributed by atoms with Crippen molar-refractivity contribution < 1.29 is 28.5 Å². The highest BCUT2D eigenvalue weighted by atomic mass is 16.6. The molecule has 0 spiro atoms. The van der Waals surface area contributed by atoms with E-state index in [1.807, 2.05) is 6.07 Å². The van der Waals surface area contributed by atoms with E-state index in [0.717, 1.165) is 5.56 Å². The van der Waals surface area contributed by atoms with Crippen molar-refractivity contribution in [2.45, 2.75) is 0 Å². The van der Waals surface area contributed by atoms with Crippen LogP contribution in [-0.4, -0.2) is 39.4 Å². The standard InChI is InChI=1S/C20H20O6/c1-23-17-10-8-15(14-18(17)24-2)9-11-19(21)25-12-13-26-20(22)16-6-4-3-5-7-16/h3-11,14H,12-13H2,1-2H3/b11-9+. The molecule has 2 rings (SSSR count). The molecular formula is C20H20O6. The molecule has 6 nitrogen and oxygen atoms in total. The van der Waals surface area contributed by atoms with Crippen LogP contribution in [0.4, 0.5) is 0 Å². The van der Waals surface area contributed by atoms with Crippen LogP contribution in [0, 0.1) is 0 Å². The zero-order chi connectivity index (χ0) is 18.8. The molecule has 2 aromatic carbocycles. The summed E-state index contributed by atoms with van der Waals surface area (Å²) in [5.74, 6) is 0.182. The van der Waals surface area contributed by atoms with Gasteiger partial charge in [0.1, 0.15) is 13.2 Å². The van der Waals surface area contributed by atoms with Crippen molar-refractivity contribution in [3.63, 3.8) is 0 Å². The molecule has 0 radical (unpaired) electrons. The molecule has 0 unspecified atom stereocenters. The highest BCUT2D eigenvalue weighted by Crippen LogP contribution is 2.27. The second-order valence-corrected chi connectivity index (χ2v) is 5.12. The van der Waals surface area contributed by atoms with Crippen LogP contribution in [0.1, 0.15) is 15.9 Å². The molecule has 0 saturated heterocycles. The monoisotopic (exact) mass is 356 g/mol. The molecule has 26 heavy (non-hydrogen) atoms. The Morgan fingerprint density at radius 1 is 0.885 bits per heavy atom. The van der Waals surface area contributed by atoms with Crippen molar-refractivity contribution in [3.05, 3.63) is 65.7 Å². The van der Waals surface area contributed by atoms with Crippen LogP contribution in [0.3, 0.4) is 0 Å². The summed E-state index contributed by atoms with van der Waals surface area (Å²) in [7, 11) is 3.09. The summed E-state index contributed by atoms with van der Waals surface area (Å²) < 4.78 is 20.4. The van der Waals surface area contributed by atoms with Gasteiger partial charge in [-0.3, -0.25) is 0 Å². The van der Waals surface area contributed by atoms with Crippen LogP contribution in [-0.2, 0) is 14.3 Å². The Kier molecular flexibility index (Phi) is 7.24. The Morgan fingerprint density at radius 2 is 1.58 bits per heavy atom. The first-order valence-electron chi connectivity index (χ1n) is 7.93. The third-order valence-electron chi connectivity index (χ3n) is 3.39. The average Bonchev–Trinajstić information content (AvgIpc) is 2.69. The first-order valence-corrected chi connectivity index (χ1v) is 7.93. The Balaban J connectivity index is 1.76. The second kappa shape index (κ2) is 9.88. The van der Waals surface area contributed by atoms with Crippen molar-refractivity contribution in [1.82, 2.24) is 0 Å². The van der Waals surface area contributed by atoms with E-state index in [4.69, 9.17) is 18.9 Å². The third-order valence-corrected chi connectivity index (χ3v) is 3.39. The maximum absolute atomic E-state index is 11.7. The molecule has 0 bridgehead atoms. The Hall–Kier alpha value is -3.28. The van der Waals surface area contributed by atoms with E-state index < -0.39 is 11.9 Å². The summed E-state index contributed by atoms with van der Waals surface area (Å²) in [4.78, 5) is 23.4. The molecule has 0 N–H and O–H groups in total. The summed E-state index contributed by atoms with van der Waals surface area (Å²) in [6.45, 7) is -0.0304. The normalized spacial score (nSPS) is 10.4. The number of carbonyl (C=O) groups is 2. The van der Waals surface area contributed by atoms with E-state index in [1.165, 1.54) is 13.2 Å². The molecule has 0 heterocycles. The fraction of sp³-hybridized carbons (Fsp3) is 0.200. The average molecular weight is 356 g/mol. The fourth-order valence-corrected chi connectivity index (χ4v) is 2.10. The quantitative estimate of drug-likeness (QED) is 0.411. The van der Waals surface area contributed by atoms with E-state index in [0.29, 0.717) is 17.1 Å². The number of carbonyl (C=O) groups excluding carboxylic acids is 2. The van der Waals surface area contributed by atoms with Gasteiger partial charge in [0.25, 0.3) is 0 Å². The molecular weight excluding hydrogens is 336 g/mol. The lowest BCUT2D eigenvalue weighted by Crippen LogP contribution is -2.12. The zero-order valence-corrected chi connectivity index (χ0v) is 14.6. The number of esters is 2. The first-order chi connectivity index (χ1) is 12.6. The zero-order valence-electron chi connectivity index (χ0n) is 14.6. The van der Waals surface area contributed by atoms with Gasteiger partial charge in [-0.05, 0) is 35.9 Å². The number of ether oxygens (including phenoxy) is 4. The third kappa shape index (κ3) is 5.66. The lowest BCUT2D eigenvalue weighted by atomic mass is 10.2. The Bertz CT molecular complexity index is 767. The van der Waals surface area contributed by atoms with Crippen LogP contribution >= 0.6 is 0 Å². The summed E-state index contributed by atoms with van der Waals surface area (Å²) in [5, 5.41) is 0. The second-order valence-electron chi connectivity index (χ2n) is 5.12. The van der Waals surface area contributed by atoms with Gasteiger partial charge in [-0.1, -0.05) is 24.3 Å². The minimum Gasteiger partial charge on any atom is -0.493 e. The van der Waals surface area contributed by atoms with Crippen molar-refractivity contribution in [2.24, 2.45) is 0 Å². The largest absolute Gasteiger partial charge is 0.493 e. The van der Waals surface area contributed by atoms with Gasteiger partial charge in [0.15, 0.2) is 11.5 Å².